The molecule has 4 aromatic rings. The minimum atomic E-state index is -4.43. The first kappa shape index (κ1) is 44.7. The normalized spacial score (nSPS) is 13.7. The van der Waals surface area contributed by atoms with E-state index in [1.54, 1.807) is 12.1 Å². The smallest absolute Gasteiger partial charge is 0.416 e. The number of piperidine rings is 1. The first-order valence-electron chi connectivity index (χ1n) is 20.0. The monoisotopic (exact) mass is 809 g/mol. The summed E-state index contributed by atoms with van der Waals surface area (Å²) in [5, 5.41) is 11.4. The average Bonchev–Trinajstić information content (AvgIpc) is 3.23. The summed E-state index contributed by atoms with van der Waals surface area (Å²) >= 11 is 0. The molecule has 0 saturated carbocycles. The lowest BCUT2D eigenvalue weighted by atomic mass is 9.87. The first-order chi connectivity index (χ1) is 28.1. The van der Waals surface area contributed by atoms with Crippen molar-refractivity contribution in [2.45, 2.75) is 44.7 Å². The molecule has 1 saturated heterocycles. The number of amides is 1. The van der Waals surface area contributed by atoms with Gasteiger partial charge < -0.3 is 38.4 Å². The molecule has 13 heteroatoms. The number of halogens is 3. The van der Waals surface area contributed by atoms with Crippen molar-refractivity contribution < 1.29 is 56.3 Å². The summed E-state index contributed by atoms with van der Waals surface area (Å²) < 4.78 is 72.2. The minimum absolute atomic E-state index is 0.0737. The summed E-state index contributed by atoms with van der Waals surface area (Å²) in [4.78, 5) is 26.8. The Morgan fingerprint density at radius 2 is 1.14 bits per heavy atom. The molecule has 1 amide bonds. The lowest BCUT2D eigenvalue weighted by Gasteiger charge is -2.32. The SMILES string of the molecule is CCCOCCOCCOCCOCCOCCOCCC(=O)N1CCC(c2ccc(-c3cc(C(=O)O)cc4cc(-c5ccc(C(F)(F)F)cc5)ccc34)cc2)CC1. The number of carboxylic acids is 1. The molecule has 1 aliphatic rings. The maximum Gasteiger partial charge on any atom is 0.416 e. The van der Waals surface area contributed by atoms with Gasteiger partial charge in [0.2, 0.25) is 5.91 Å². The average molecular weight is 810 g/mol. The van der Waals surface area contributed by atoms with Crippen molar-refractivity contribution in [3.63, 3.8) is 0 Å². The Kier molecular flexibility index (Phi) is 18.0. The standard InChI is InChI=1S/C45H54F3NO9/c1-2-18-53-20-22-55-24-26-57-28-29-58-27-25-56-23-21-54-19-15-43(50)49-16-13-35(14-17-49)33-3-5-36(6-4-33)42-32-39(44(51)52)31-38-30-37(9-12-41(38)42)34-7-10-40(11-8-34)45(46,47)48/h3-12,30-32,35H,2,13-29H2,1H3,(H,51,52). The van der Waals surface area contributed by atoms with Crippen LogP contribution in [0.15, 0.2) is 78.9 Å². The van der Waals surface area contributed by atoms with E-state index >= 15 is 0 Å². The van der Waals surface area contributed by atoms with Crippen molar-refractivity contribution in [2.75, 3.05) is 92.4 Å². The topological polar surface area (TPSA) is 113 Å². The second-order valence-electron chi connectivity index (χ2n) is 14.0. The number of carbonyl (C=O) groups is 2. The first-order valence-corrected chi connectivity index (χ1v) is 20.0. The van der Waals surface area contributed by atoms with Gasteiger partial charge in [0.05, 0.1) is 90.2 Å². The van der Waals surface area contributed by atoms with E-state index in [4.69, 9.17) is 28.4 Å². The molecule has 4 aromatic carbocycles. The van der Waals surface area contributed by atoms with E-state index in [0.717, 1.165) is 60.1 Å². The fourth-order valence-electron chi connectivity index (χ4n) is 6.82. The lowest BCUT2D eigenvalue weighted by Crippen LogP contribution is -2.38. The third-order valence-electron chi connectivity index (χ3n) is 9.95. The number of ether oxygens (including phenoxy) is 6. The summed E-state index contributed by atoms with van der Waals surface area (Å²) in [5.74, 6) is -0.708. The maximum atomic E-state index is 13.1. The molecule has 0 aliphatic carbocycles. The van der Waals surface area contributed by atoms with Gasteiger partial charge in [-0.2, -0.15) is 13.2 Å². The van der Waals surface area contributed by atoms with Gasteiger partial charge in [-0.15, -0.1) is 0 Å². The number of carbonyl (C=O) groups excluding carboxylic acids is 1. The number of aromatic carboxylic acids is 1. The van der Waals surface area contributed by atoms with E-state index in [1.807, 2.05) is 35.2 Å². The molecule has 0 bridgehead atoms. The largest absolute Gasteiger partial charge is 0.478 e. The van der Waals surface area contributed by atoms with Gasteiger partial charge in [-0.3, -0.25) is 4.79 Å². The highest BCUT2D eigenvalue weighted by atomic mass is 19.4. The molecule has 58 heavy (non-hydrogen) atoms. The van der Waals surface area contributed by atoms with Crippen molar-refractivity contribution in [2.24, 2.45) is 0 Å². The molecule has 1 N–H and O–H groups in total. The molecule has 314 valence electrons. The number of rotatable bonds is 24. The number of hydrogen-bond acceptors (Lipinski definition) is 8. The van der Waals surface area contributed by atoms with Crippen LogP contribution in [-0.4, -0.2) is 114 Å². The predicted molar refractivity (Wildman–Crippen MR) is 215 cm³/mol. The Balaban J connectivity index is 0.987. The number of hydrogen-bond donors (Lipinski definition) is 1. The fourth-order valence-corrected chi connectivity index (χ4v) is 6.82. The second-order valence-corrected chi connectivity index (χ2v) is 14.0. The molecule has 0 radical (unpaired) electrons. The van der Waals surface area contributed by atoms with Crippen molar-refractivity contribution in [3.8, 4) is 22.3 Å². The van der Waals surface area contributed by atoms with Crippen LogP contribution in [0.5, 0.6) is 0 Å². The van der Waals surface area contributed by atoms with Crippen LogP contribution >= 0.6 is 0 Å². The molecule has 5 rings (SSSR count). The lowest BCUT2D eigenvalue weighted by molar-refractivity contribution is -0.137. The van der Waals surface area contributed by atoms with E-state index in [0.29, 0.717) is 109 Å². The van der Waals surface area contributed by atoms with Gasteiger partial charge in [-0.05, 0) is 94.1 Å². The van der Waals surface area contributed by atoms with Crippen LogP contribution in [-0.2, 0) is 39.4 Å². The number of carboxylic acid groups (broad SMARTS) is 1. The van der Waals surface area contributed by atoms with Crippen molar-refractivity contribution in [1.29, 1.82) is 0 Å². The molecular formula is C45H54F3NO9. The number of benzene rings is 4. The Morgan fingerprint density at radius 1 is 0.638 bits per heavy atom. The quantitative estimate of drug-likeness (QED) is 0.0697. The Hall–Kier alpha value is -4.37. The van der Waals surface area contributed by atoms with Crippen LogP contribution in [0, 0.1) is 0 Å². The highest BCUT2D eigenvalue weighted by Gasteiger charge is 2.30. The van der Waals surface area contributed by atoms with Crippen LogP contribution < -0.4 is 0 Å². The van der Waals surface area contributed by atoms with Crippen LogP contribution in [0.4, 0.5) is 13.2 Å². The van der Waals surface area contributed by atoms with Crippen molar-refractivity contribution >= 4 is 22.6 Å². The highest BCUT2D eigenvalue weighted by Crippen LogP contribution is 2.36. The van der Waals surface area contributed by atoms with Gasteiger partial charge in [0.15, 0.2) is 0 Å². The number of alkyl halides is 3. The third kappa shape index (κ3) is 13.9. The molecule has 1 fully saturated rings. The molecule has 1 aliphatic heterocycles. The molecule has 0 atom stereocenters. The molecule has 0 aromatic heterocycles. The molecule has 0 unspecified atom stereocenters. The summed E-state index contributed by atoms with van der Waals surface area (Å²) in [5.41, 5.74) is 3.44. The zero-order valence-electron chi connectivity index (χ0n) is 33.1. The Morgan fingerprint density at radius 3 is 1.66 bits per heavy atom. The maximum absolute atomic E-state index is 13.1. The van der Waals surface area contributed by atoms with Crippen molar-refractivity contribution in [3.05, 3.63) is 95.6 Å². The van der Waals surface area contributed by atoms with Crippen LogP contribution in [0.25, 0.3) is 33.0 Å². The van der Waals surface area contributed by atoms with Crippen LogP contribution in [0.1, 0.15) is 60.0 Å². The van der Waals surface area contributed by atoms with Gasteiger partial charge in [0.25, 0.3) is 0 Å². The van der Waals surface area contributed by atoms with E-state index in [1.165, 1.54) is 12.1 Å². The summed E-state index contributed by atoms with van der Waals surface area (Å²) in [7, 11) is 0. The van der Waals surface area contributed by atoms with Crippen LogP contribution in [0.3, 0.4) is 0 Å². The van der Waals surface area contributed by atoms with Gasteiger partial charge >= 0.3 is 12.1 Å². The number of fused-ring (bicyclic) bond motifs is 1. The van der Waals surface area contributed by atoms with Crippen molar-refractivity contribution in [1.82, 2.24) is 4.90 Å². The van der Waals surface area contributed by atoms with Gasteiger partial charge in [0, 0.05) is 19.7 Å². The summed E-state index contributed by atoms with van der Waals surface area (Å²) in [6, 6.07) is 21.8. The molecule has 0 spiro atoms. The van der Waals surface area contributed by atoms with Gasteiger partial charge in [-0.25, -0.2) is 4.79 Å². The van der Waals surface area contributed by atoms with Crippen LogP contribution in [0.2, 0.25) is 0 Å². The summed E-state index contributed by atoms with van der Waals surface area (Å²) in [6.45, 7) is 9.42. The fraction of sp³-hybridized carbons (Fsp3) is 0.467. The number of nitrogens with zero attached hydrogens (tertiary/aromatic N) is 1. The van der Waals surface area contributed by atoms with E-state index in [9.17, 15) is 27.9 Å². The highest BCUT2D eigenvalue weighted by molar-refractivity contribution is 6.04. The Bertz CT molecular complexity index is 1860. The Labute approximate surface area is 338 Å². The van der Waals surface area contributed by atoms with E-state index in [-0.39, 0.29) is 17.4 Å². The van der Waals surface area contributed by atoms with E-state index < -0.39 is 17.7 Å². The zero-order chi connectivity index (χ0) is 41.2. The predicted octanol–water partition coefficient (Wildman–Crippen LogP) is 8.50. The zero-order valence-corrected chi connectivity index (χ0v) is 33.1. The molecule has 10 nitrogen and oxygen atoms in total. The molecular weight excluding hydrogens is 755 g/mol. The number of likely N-dealkylation sites (tertiary alicyclic amines) is 1. The van der Waals surface area contributed by atoms with E-state index in [2.05, 4.69) is 19.1 Å². The second kappa shape index (κ2) is 23.3. The van der Waals surface area contributed by atoms with Gasteiger partial charge in [0.1, 0.15) is 0 Å². The third-order valence-corrected chi connectivity index (χ3v) is 9.95. The molecule has 1 heterocycles. The minimum Gasteiger partial charge on any atom is -0.478 e. The summed E-state index contributed by atoms with van der Waals surface area (Å²) in [6.07, 6.45) is -1.44. The van der Waals surface area contributed by atoms with Gasteiger partial charge in [-0.1, -0.05) is 55.5 Å².